The molecular weight excluding hydrogens is 311 g/mol. The predicted molar refractivity (Wildman–Crippen MR) is 79.8 cm³/mol. The smallest absolute Gasteiger partial charge is 0.123 e. The van der Waals surface area contributed by atoms with Crippen LogP contribution in [0.15, 0.2) is 64.4 Å². The average molecular weight is 323 g/mol. The molecule has 0 fully saturated rings. The fourth-order valence-electron chi connectivity index (χ4n) is 1.51. The molecule has 0 spiro atoms. The summed E-state index contributed by atoms with van der Waals surface area (Å²) >= 11 is 5.01. The SMILES string of the molecule is Fc1ccc(Sc2ccccc2/C=C\CBr)cc1. The first-order valence-corrected chi connectivity index (χ1v) is 7.48. The van der Waals surface area contributed by atoms with Crippen LogP contribution in [0.25, 0.3) is 6.08 Å². The predicted octanol–water partition coefficient (Wildman–Crippen LogP) is 5.39. The Hall–Kier alpha value is -1.06. The summed E-state index contributed by atoms with van der Waals surface area (Å²) in [5.74, 6) is -0.202. The zero-order valence-corrected chi connectivity index (χ0v) is 12.0. The van der Waals surface area contributed by atoms with Crippen LogP contribution in [-0.4, -0.2) is 5.33 Å². The molecule has 92 valence electrons. The molecule has 0 aliphatic rings. The number of halogens is 2. The normalized spacial score (nSPS) is 11.0. The van der Waals surface area contributed by atoms with E-state index in [0.29, 0.717) is 0 Å². The van der Waals surface area contributed by atoms with Crippen molar-refractivity contribution in [1.82, 2.24) is 0 Å². The van der Waals surface area contributed by atoms with Crippen LogP contribution in [0.4, 0.5) is 4.39 Å². The molecule has 2 aromatic carbocycles. The summed E-state index contributed by atoms with van der Waals surface area (Å²) in [6.45, 7) is 0. The highest BCUT2D eigenvalue weighted by Crippen LogP contribution is 2.31. The monoisotopic (exact) mass is 322 g/mol. The minimum Gasteiger partial charge on any atom is -0.207 e. The Morgan fingerprint density at radius 3 is 2.50 bits per heavy atom. The van der Waals surface area contributed by atoms with Gasteiger partial charge in [0.1, 0.15) is 5.82 Å². The Morgan fingerprint density at radius 2 is 1.78 bits per heavy atom. The fourth-order valence-corrected chi connectivity index (χ4v) is 2.63. The number of alkyl halides is 1. The van der Waals surface area contributed by atoms with Gasteiger partial charge in [-0.25, -0.2) is 4.39 Å². The van der Waals surface area contributed by atoms with Crippen molar-refractivity contribution < 1.29 is 4.39 Å². The molecule has 0 unspecified atom stereocenters. The van der Waals surface area contributed by atoms with Crippen LogP contribution in [0.1, 0.15) is 5.56 Å². The van der Waals surface area contributed by atoms with Gasteiger partial charge in [-0.05, 0) is 35.9 Å². The molecule has 0 aliphatic carbocycles. The third-order valence-electron chi connectivity index (χ3n) is 2.35. The number of rotatable bonds is 4. The lowest BCUT2D eigenvalue weighted by Gasteiger charge is -2.05. The largest absolute Gasteiger partial charge is 0.207 e. The number of hydrogen-bond donors (Lipinski definition) is 0. The second-order valence-electron chi connectivity index (χ2n) is 3.65. The van der Waals surface area contributed by atoms with E-state index in [1.807, 2.05) is 12.1 Å². The van der Waals surface area contributed by atoms with Gasteiger partial charge in [-0.1, -0.05) is 58.0 Å². The van der Waals surface area contributed by atoms with Crippen LogP contribution in [0.2, 0.25) is 0 Å². The van der Waals surface area contributed by atoms with E-state index in [0.717, 1.165) is 10.2 Å². The van der Waals surface area contributed by atoms with Crippen molar-refractivity contribution >= 4 is 33.8 Å². The first kappa shape index (κ1) is 13.4. The lowest BCUT2D eigenvalue weighted by molar-refractivity contribution is 0.626. The molecule has 0 saturated carbocycles. The molecular formula is C15H12BrFS. The van der Waals surface area contributed by atoms with E-state index >= 15 is 0 Å². The van der Waals surface area contributed by atoms with Gasteiger partial charge in [0.2, 0.25) is 0 Å². The van der Waals surface area contributed by atoms with E-state index < -0.39 is 0 Å². The van der Waals surface area contributed by atoms with Gasteiger partial charge >= 0.3 is 0 Å². The molecule has 0 saturated heterocycles. The number of hydrogen-bond acceptors (Lipinski definition) is 1. The summed E-state index contributed by atoms with van der Waals surface area (Å²) in [4.78, 5) is 2.21. The minimum atomic E-state index is -0.202. The first-order chi connectivity index (χ1) is 8.79. The van der Waals surface area contributed by atoms with Crippen molar-refractivity contribution in [3.63, 3.8) is 0 Å². The van der Waals surface area contributed by atoms with Gasteiger partial charge in [0.25, 0.3) is 0 Å². The maximum absolute atomic E-state index is 12.8. The summed E-state index contributed by atoms with van der Waals surface area (Å²) in [5, 5.41) is 0.836. The second kappa shape index (κ2) is 6.76. The van der Waals surface area contributed by atoms with E-state index in [4.69, 9.17) is 0 Å². The van der Waals surface area contributed by atoms with Gasteiger partial charge in [-0.15, -0.1) is 0 Å². The van der Waals surface area contributed by atoms with E-state index in [-0.39, 0.29) is 5.82 Å². The molecule has 0 bridgehead atoms. The molecule has 2 rings (SSSR count). The molecule has 0 aromatic heterocycles. The molecule has 0 atom stereocenters. The standard InChI is InChI=1S/C15H12BrFS/c16-11-3-5-12-4-1-2-6-15(12)18-14-9-7-13(17)8-10-14/h1-10H,11H2/b5-3-. The van der Waals surface area contributed by atoms with Gasteiger partial charge in [0.15, 0.2) is 0 Å². The van der Waals surface area contributed by atoms with Crippen LogP contribution in [0.3, 0.4) is 0 Å². The quantitative estimate of drug-likeness (QED) is 0.680. The van der Waals surface area contributed by atoms with Crippen LogP contribution in [0, 0.1) is 5.82 Å². The molecule has 0 amide bonds. The Balaban J connectivity index is 2.23. The van der Waals surface area contributed by atoms with E-state index in [1.165, 1.54) is 22.6 Å². The molecule has 2 aromatic rings. The molecule has 3 heteroatoms. The van der Waals surface area contributed by atoms with Gasteiger partial charge in [-0.2, -0.15) is 0 Å². The van der Waals surface area contributed by atoms with Crippen molar-refractivity contribution in [3.05, 3.63) is 66.0 Å². The Kier molecular flexibility index (Phi) is 5.02. The Labute approximate surface area is 119 Å². The molecule has 0 aliphatic heterocycles. The Bertz CT molecular complexity index is 534. The summed E-state index contributed by atoms with van der Waals surface area (Å²) in [5.41, 5.74) is 1.17. The minimum absolute atomic E-state index is 0.202. The van der Waals surface area contributed by atoms with E-state index in [1.54, 1.807) is 23.9 Å². The topological polar surface area (TPSA) is 0 Å². The summed E-state index contributed by atoms with van der Waals surface area (Å²) in [6.07, 6.45) is 4.14. The van der Waals surface area contributed by atoms with Crippen LogP contribution >= 0.6 is 27.7 Å². The summed E-state index contributed by atoms with van der Waals surface area (Å²) in [7, 11) is 0. The molecule has 0 radical (unpaired) electrons. The van der Waals surface area contributed by atoms with Crippen LogP contribution < -0.4 is 0 Å². The van der Waals surface area contributed by atoms with Crippen molar-refractivity contribution in [2.75, 3.05) is 5.33 Å². The first-order valence-electron chi connectivity index (χ1n) is 5.54. The second-order valence-corrected chi connectivity index (χ2v) is 5.41. The zero-order chi connectivity index (χ0) is 12.8. The van der Waals surface area contributed by atoms with Gasteiger partial charge < -0.3 is 0 Å². The fraction of sp³-hybridized carbons (Fsp3) is 0.0667. The third kappa shape index (κ3) is 3.72. The maximum Gasteiger partial charge on any atom is 0.123 e. The van der Waals surface area contributed by atoms with Crippen molar-refractivity contribution in [2.45, 2.75) is 9.79 Å². The number of allylic oxidation sites excluding steroid dienone is 1. The highest BCUT2D eigenvalue weighted by atomic mass is 79.9. The lowest BCUT2D eigenvalue weighted by atomic mass is 10.2. The van der Waals surface area contributed by atoms with Crippen molar-refractivity contribution in [2.24, 2.45) is 0 Å². The van der Waals surface area contributed by atoms with Crippen LogP contribution in [0.5, 0.6) is 0 Å². The van der Waals surface area contributed by atoms with Crippen molar-refractivity contribution in [1.29, 1.82) is 0 Å². The summed E-state index contributed by atoms with van der Waals surface area (Å²) < 4.78 is 12.8. The number of benzene rings is 2. The lowest BCUT2D eigenvalue weighted by Crippen LogP contribution is -1.80. The average Bonchev–Trinajstić information content (AvgIpc) is 2.40. The molecule has 0 heterocycles. The Morgan fingerprint density at radius 1 is 1.06 bits per heavy atom. The van der Waals surface area contributed by atoms with Gasteiger partial charge in [0, 0.05) is 15.1 Å². The zero-order valence-electron chi connectivity index (χ0n) is 9.64. The molecule has 0 N–H and O–H groups in total. The van der Waals surface area contributed by atoms with Crippen molar-refractivity contribution in [3.8, 4) is 0 Å². The maximum atomic E-state index is 12.8. The van der Waals surface area contributed by atoms with E-state index in [9.17, 15) is 4.39 Å². The molecule has 18 heavy (non-hydrogen) atoms. The summed E-state index contributed by atoms with van der Waals surface area (Å²) in [6, 6.07) is 14.7. The van der Waals surface area contributed by atoms with E-state index in [2.05, 4.69) is 40.2 Å². The van der Waals surface area contributed by atoms with Gasteiger partial charge in [-0.3, -0.25) is 0 Å². The van der Waals surface area contributed by atoms with Gasteiger partial charge in [0.05, 0.1) is 0 Å². The highest BCUT2D eigenvalue weighted by molar-refractivity contribution is 9.09. The molecule has 0 nitrogen and oxygen atoms in total. The van der Waals surface area contributed by atoms with Crippen LogP contribution in [-0.2, 0) is 0 Å². The highest BCUT2D eigenvalue weighted by Gasteiger charge is 2.01. The third-order valence-corrected chi connectivity index (χ3v) is 3.82.